The molecule has 5 heteroatoms. The number of piperidine rings is 1. The predicted octanol–water partition coefficient (Wildman–Crippen LogP) is 2.59. The Morgan fingerprint density at radius 1 is 1.43 bits per heavy atom. The van der Waals surface area contributed by atoms with E-state index in [1.165, 1.54) is 12.1 Å². The largest absolute Gasteiger partial charge is 0.326 e. The molecule has 2 heterocycles. The minimum absolute atomic E-state index is 0.141. The number of benzene rings is 1. The Labute approximate surface area is 123 Å². The number of H-pyrrole nitrogens is 1. The summed E-state index contributed by atoms with van der Waals surface area (Å²) >= 11 is 0. The van der Waals surface area contributed by atoms with Gasteiger partial charge < -0.3 is 9.88 Å². The van der Waals surface area contributed by atoms with E-state index in [1.807, 2.05) is 0 Å². The molecule has 21 heavy (non-hydrogen) atoms. The van der Waals surface area contributed by atoms with Gasteiger partial charge in [-0.2, -0.15) is 0 Å². The van der Waals surface area contributed by atoms with Crippen molar-refractivity contribution in [1.82, 2.24) is 14.5 Å². The van der Waals surface area contributed by atoms with E-state index in [0.29, 0.717) is 29.5 Å². The van der Waals surface area contributed by atoms with Crippen molar-refractivity contribution in [3.8, 4) is 0 Å². The Balaban J connectivity index is 1.86. The van der Waals surface area contributed by atoms with E-state index >= 15 is 0 Å². The van der Waals surface area contributed by atoms with Gasteiger partial charge in [0.2, 0.25) is 0 Å². The number of aromatic nitrogens is 2. The van der Waals surface area contributed by atoms with Crippen LogP contribution in [-0.2, 0) is 6.54 Å². The average Bonchev–Trinajstić information content (AvgIpc) is 2.75. The highest BCUT2D eigenvalue weighted by Crippen LogP contribution is 2.21. The monoisotopic (exact) mass is 291 g/mol. The van der Waals surface area contributed by atoms with Gasteiger partial charge in [-0.05, 0) is 57.4 Å². The molecule has 1 atom stereocenters. The smallest absolute Gasteiger partial charge is 0.306 e. The number of nitrogens with zero attached hydrogens (tertiary/aromatic N) is 2. The van der Waals surface area contributed by atoms with E-state index in [2.05, 4.69) is 23.7 Å². The number of fused-ring (bicyclic) bond motifs is 1. The lowest BCUT2D eigenvalue weighted by molar-refractivity contribution is 0.131. The quantitative estimate of drug-likeness (QED) is 0.944. The van der Waals surface area contributed by atoms with Gasteiger partial charge in [-0.1, -0.05) is 0 Å². The zero-order valence-electron chi connectivity index (χ0n) is 12.6. The lowest BCUT2D eigenvalue weighted by Gasteiger charge is -2.35. The van der Waals surface area contributed by atoms with E-state index < -0.39 is 0 Å². The summed E-state index contributed by atoms with van der Waals surface area (Å²) in [6, 6.07) is 4.98. The van der Waals surface area contributed by atoms with Gasteiger partial charge in [-0.15, -0.1) is 0 Å². The highest BCUT2D eigenvalue weighted by atomic mass is 19.1. The van der Waals surface area contributed by atoms with Crippen molar-refractivity contribution in [2.45, 2.75) is 39.3 Å². The average molecular weight is 291 g/mol. The van der Waals surface area contributed by atoms with Crippen LogP contribution in [0.5, 0.6) is 0 Å². The van der Waals surface area contributed by atoms with Crippen LogP contribution in [0.3, 0.4) is 0 Å². The molecule has 1 aliphatic heterocycles. The highest BCUT2D eigenvalue weighted by molar-refractivity contribution is 5.75. The third-order valence-corrected chi connectivity index (χ3v) is 4.46. The normalized spacial score (nSPS) is 20.5. The summed E-state index contributed by atoms with van der Waals surface area (Å²) in [4.78, 5) is 17.4. The summed E-state index contributed by atoms with van der Waals surface area (Å²) in [7, 11) is 0. The van der Waals surface area contributed by atoms with Crippen LogP contribution in [0.25, 0.3) is 11.0 Å². The van der Waals surface area contributed by atoms with Crippen molar-refractivity contribution >= 4 is 11.0 Å². The molecule has 0 aliphatic carbocycles. The maximum atomic E-state index is 13.4. The third-order valence-electron chi connectivity index (χ3n) is 4.46. The van der Waals surface area contributed by atoms with Gasteiger partial charge in [0.1, 0.15) is 5.82 Å². The molecular weight excluding hydrogens is 269 g/mol. The van der Waals surface area contributed by atoms with Crippen LogP contribution in [0.2, 0.25) is 0 Å². The zero-order valence-corrected chi connectivity index (χ0v) is 12.6. The van der Waals surface area contributed by atoms with Crippen molar-refractivity contribution in [3.63, 3.8) is 0 Å². The first-order chi connectivity index (χ1) is 10.0. The van der Waals surface area contributed by atoms with E-state index in [4.69, 9.17) is 0 Å². The number of hydrogen-bond acceptors (Lipinski definition) is 2. The molecule has 4 nitrogen and oxygen atoms in total. The summed E-state index contributed by atoms with van der Waals surface area (Å²) in [5.41, 5.74) is 1.23. The van der Waals surface area contributed by atoms with E-state index in [0.717, 1.165) is 25.9 Å². The summed E-state index contributed by atoms with van der Waals surface area (Å²) in [5, 5.41) is 0. The van der Waals surface area contributed by atoms with E-state index in [-0.39, 0.29) is 11.5 Å². The number of hydrogen-bond donors (Lipinski definition) is 1. The minimum Gasteiger partial charge on any atom is -0.306 e. The maximum Gasteiger partial charge on any atom is 0.326 e. The van der Waals surface area contributed by atoms with Crippen molar-refractivity contribution in [2.24, 2.45) is 5.92 Å². The van der Waals surface area contributed by atoms with E-state index in [9.17, 15) is 9.18 Å². The number of imidazole rings is 1. The molecule has 0 spiro atoms. The second kappa shape index (κ2) is 5.64. The van der Waals surface area contributed by atoms with Crippen molar-refractivity contribution in [1.29, 1.82) is 0 Å². The topological polar surface area (TPSA) is 41.0 Å². The Morgan fingerprint density at radius 2 is 2.24 bits per heavy atom. The van der Waals surface area contributed by atoms with Gasteiger partial charge in [0, 0.05) is 19.1 Å². The number of halogens is 1. The molecule has 1 fully saturated rings. The van der Waals surface area contributed by atoms with Crippen LogP contribution in [0, 0.1) is 11.7 Å². The van der Waals surface area contributed by atoms with Crippen LogP contribution >= 0.6 is 0 Å². The predicted molar refractivity (Wildman–Crippen MR) is 81.9 cm³/mol. The molecule has 3 rings (SSSR count). The van der Waals surface area contributed by atoms with Crippen molar-refractivity contribution in [3.05, 3.63) is 34.5 Å². The maximum absolute atomic E-state index is 13.4. The fraction of sp³-hybridized carbons (Fsp3) is 0.562. The molecule has 1 saturated heterocycles. The first-order valence-corrected chi connectivity index (χ1v) is 7.66. The Bertz CT molecular complexity index is 688. The first-order valence-electron chi connectivity index (χ1n) is 7.66. The van der Waals surface area contributed by atoms with Crippen LogP contribution in [0.1, 0.15) is 26.7 Å². The standard InChI is InChI=1S/C16H22FN3O/c1-11(2)19-7-3-4-12(9-19)10-20-15-8-13(17)5-6-14(15)18-16(20)21/h5-6,8,11-12H,3-4,7,9-10H2,1-2H3,(H,18,21). The molecule has 0 bridgehead atoms. The van der Waals surface area contributed by atoms with Crippen molar-refractivity contribution in [2.75, 3.05) is 13.1 Å². The molecule has 1 aromatic carbocycles. The van der Waals surface area contributed by atoms with Crippen LogP contribution < -0.4 is 5.69 Å². The van der Waals surface area contributed by atoms with Gasteiger partial charge in [-0.3, -0.25) is 4.57 Å². The van der Waals surface area contributed by atoms with Crippen molar-refractivity contribution < 1.29 is 4.39 Å². The number of nitrogens with one attached hydrogen (secondary N) is 1. The minimum atomic E-state index is -0.303. The third kappa shape index (κ3) is 2.88. The molecule has 0 amide bonds. The molecule has 1 aromatic heterocycles. The Kier molecular flexibility index (Phi) is 3.85. The Morgan fingerprint density at radius 3 is 3.00 bits per heavy atom. The van der Waals surface area contributed by atoms with E-state index in [1.54, 1.807) is 10.6 Å². The van der Waals surface area contributed by atoms with Gasteiger partial charge in [0.05, 0.1) is 11.0 Å². The van der Waals surface area contributed by atoms with Gasteiger partial charge >= 0.3 is 5.69 Å². The summed E-state index contributed by atoms with van der Waals surface area (Å²) in [6.45, 7) is 7.20. The van der Waals surface area contributed by atoms with Crippen LogP contribution in [0.4, 0.5) is 4.39 Å². The molecule has 1 N–H and O–H groups in total. The first kappa shape index (κ1) is 14.3. The number of aromatic amines is 1. The number of rotatable bonds is 3. The number of likely N-dealkylation sites (tertiary alicyclic amines) is 1. The lowest BCUT2D eigenvalue weighted by Crippen LogP contribution is -2.41. The molecule has 114 valence electrons. The second-order valence-corrected chi connectivity index (χ2v) is 6.30. The Hall–Kier alpha value is -1.62. The SMILES string of the molecule is CC(C)N1CCCC(Cn2c(=O)[nH]c3ccc(F)cc32)C1. The summed E-state index contributed by atoms with van der Waals surface area (Å²) in [5.74, 6) is 0.142. The summed E-state index contributed by atoms with van der Waals surface area (Å²) < 4.78 is 15.1. The molecular formula is C16H22FN3O. The summed E-state index contributed by atoms with van der Waals surface area (Å²) in [6.07, 6.45) is 2.28. The van der Waals surface area contributed by atoms with Gasteiger partial charge in [0.25, 0.3) is 0 Å². The lowest BCUT2D eigenvalue weighted by atomic mass is 9.97. The molecule has 2 aromatic rings. The van der Waals surface area contributed by atoms with Gasteiger partial charge in [0.15, 0.2) is 0 Å². The fourth-order valence-electron chi connectivity index (χ4n) is 3.28. The molecule has 1 aliphatic rings. The van der Waals surface area contributed by atoms with Crippen LogP contribution in [-0.4, -0.2) is 33.6 Å². The molecule has 0 radical (unpaired) electrons. The molecule has 1 unspecified atom stereocenters. The van der Waals surface area contributed by atoms with Crippen LogP contribution in [0.15, 0.2) is 23.0 Å². The second-order valence-electron chi connectivity index (χ2n) is 6.30. The fourth-order valence-corrected chi connectivity index (χ4v) is 3.28. The highest BCUT2D eigenvalue weighted by Gasteiger charge is 2.23. The zero-order chi connectivity index (χ0) is 15.0. The molecule has 0 saturated carbocycles. The van der Waals surface area contributed by atoms with Gasteiger partial charge in [-0.25, -0.2) is 9.18 Å².